The van der Waals surface area contributed by atoms with Gasteiger partial charge < -0.3 is 10.2 Å². The van der Waals surface area contributed by atoms with E-state index in [1.54, 1.807) is 9.58 Å². The highest BCUT2D eigenvalue weighted by atomic mass is 16.2. The summed E-state index contributed by atoms with van der Waals surface area (Å²) in [4.78, 5) is 27.3. The summed E-state index contributed by atoms with van der Waals surface area (Å²) in [6, 6.07) is 9.06. The van der Waals surface area contributed by atoms with Crippen molar-refractivity contribution < 1.29 is 9.59 Å². The molecular formula is C16H19N5O2. The van der Waals surface area contributed by atoms with Gasteiger partial charge in [-0.25, -0.2) is 9.48 Å². The molecule has 0 spiro atoms. The lowest BCUT2D eigenvalue weighted by Crippen LogP contribution is -2.34. The number of amides is 3. The van der Waals surface area contributed by atoms with Gasteiger partial charge in [-0.15, -0.1) is 0 Å². The molecule has 7 heteroatoms. The summed E-state index contributed by atoms with van der Waals surface area (Å²) in [6.07, 6.45) is 1.85. The van der Waals surface area contributed by atoms with Crippen LogP contribution in [0.5, 0.6) is 0 Å². The minimum atomic E-state index is -0.286. The molecule has 1 aliphatic heterocycles. The lowest BCUT2D eigenvalue weighted by atomic mass is 10.2. The maximum Gasteiger partial charge on any atom is 0.323 e. The van der Waals surface area contributed by atoms with Crippen LogP contribution in [0.4, 0.5) is 10.5 Å². The van der Waals surface area contributed by atoms with Crippen molar-refractivity contribution in [3.63, 3.8) is 0 Å². The van der Waals surface area contributed by atoms with Crippen molar-refractivity contribution in [2.75, 3.05) is 25.1 Å². The predicted octanol–water partition coefficient (Wildman–Crippen LogP) is 1.83. The lowest BCUT2D eigenvalue weighted by Gasteiger charge is -2.18. The second-order valence-corrected chi connectivity index (χ2v) is 5.44. The number of likely N-dealkylation sites (N-methyl/N-ethyl adjacent to an activating group) is 1. The molecule has 7 nitrogen and oxygen atoms in total. The van der Waals surface area contributed by atoms with Crippen LogP contribution in [0.1, 0.15) is 12.6 Å². The van der Waals surface area contributed by atoms with E-state index in [1.165, 1.54) is 4.90 Å². The Hall–Kier alpha value is -2.83. The number of aromatic nitrogens is 2. The van der Waals surface area contributed by atoms with Gasteiger partial charge in [-0.05, 0) is 32.0 Å². The molecule has 0 saturated carbocycles. The Kier molecular flexibility index (Phi) is 4.01. The Morgan fingerprint density at radius 3 is 2.74 bits per heavy atom. The fourth-order valence-corrected chi connectivity index (χ4v) is 2.53. The molecule has 0 aliphatic carbocycles. The van der Waals surface area contributed by atoms with Crippen molar-refractivity contribution in [3.8, 4) is 5.69 Å². The fourth-order valence-electron chi connectivity index (χ4n) is 2.53. The van der Waals surface area contributed by atoms with E-state index in [1.807, 2.05) is 50.4 Å². The quantitative estimate of drug-likeness (QED) is 0.940. The Morgan fingerprint density at radius 1 is 1.30 bits per heavy atom. The third kappa shape index (κ3) is 3.03. The lowest BCUT2D eigenvalue weighted by molar-refractivity contribution is -0.126. The molecule has 1 fully saturated rings. The summed E-state index contributed by atoms with van der Waals surface area (Å²) in [5.74, 6) is -0.0290. The molecule has 2 heterocycles. The monoisotopic (exact) mass is 313 g/mol. The topological polar surface area (TPSA) is 70.5 Å². The van der Waals surface area contributed by atoms with Gasteiger partial charge in [0.1, 0.15) is 6.54 Å². The second-order valence-electron chi connectivity index (χ2n) is 5.44. The molecule has 120 valence electrons. The van der Waals surface area contributed by atoms with E-state index in [2.05, 4.69) is 10.4 Å². The number of hydrogen-bond donors (Lipinski definition) is 1. The number of rotatable bonds is 3. The number of para-hydroxylation sites is 2. The van der Waals surface area contributed by atoms with Gasteiger partial charge in [0.25, 0.3) is 0 Å². The van der Waals surface area contributed by atoms with E-state index < -0.39 is 0 Å². The molecule has 0 unspecified atom stereocenters. The van der Waals surface area contributed by atoms with Gasteiger partial charge in [0.05, 0.1) is 23.7 Å². The molecule has 2 aromatic rings. The van der Waals surface area contributed by atoms with Gasteiger partial charge >= 0.3 is 6.03 Å². The van der Waals surface area contributed by atoms with Crippen molar-refractivity contribution in [2.24, 2.45) is 0 Å². The summed E-state index contributed by atoms with van der Waals surface area (Å²) in [7, 11) is 0. The Bertz CT molecular complexity index is 740. The largest absolute Gasteiger partial charge is 0.324 e. The van der Waals surface area contributed by atoms with E-state index in [4.69, 9.17) is 0 Å². The molecule has 1 N–H and O–H groups in total. The standard InChI is InChI=1S/C16H19N5O2/c1-3-19-11-20(10-15(19)22)16(23)17-13-6-4-5-7-14(13)21-9-8-12(2)18-21/h4-9H,3,10-11H2,1-2H3,(H,17,23). The molecule has 1 aromatic carbocycles. The Balaban J connectivity index is 1.78. The van der Waals surface area contributed by atoms with E-state index in [-0.39, 0.29) is 18.5 Å². The minimum absolute atomic E-state index is 0.0290. The number of hydrogen-bond acceptors (Lipinski definition) is 3. The molecule has 23 heavy (non-hydrogen) atoms. The zero-order valence-corrected chi connectivity index (χ0v) is 13.2. The highest BCUT2D eigenvalue weighted by Crippen LogP contribution is 2.20. The molecule has 3 rings (SSSR count). The van der Waals surface area contributed by atoms with Gasteiger partial charge in [0.15, 0.2) is 0 Å². The minimum Gasteiger partial charge on any atom is -0.324 e. The van der Waals surface area contributed by atoms with E-state index in [0.717, 1.165) is 11.4 Å². The molecule has 0 bridgehead atoms. The zero-order chi connectivity index (χ0) is 16.4. The average molecular weight is 313 g/mol. The van der Waals surface area contributed by atoms with Gasteiger partial charge in [-0.1, -0.05) is 12.1 Å². The summed E-state index contributed by atoms with van der Waals surface area (Å²) < 4.78 is 1.72. The van der Waals surface area contributed by atoms with E-state index in [9.17, 15) is 9.59 Å². The molecule has 1 saturated heterocycles. The number of benzene rings is 1. The van der Waals surface area contributed by atoms with Crippen LogP contribution in [0.15, 0.2) is 36.5 Å². The van der Waals surface area contributed by atoms with Gasteiger partial charge in [0, 0.05) is 12.7 Å². The highest BCUT2D eigenvalue weighted by molar-refractivity contribution is 5.95. The second kappa shape index (κ2) is 6.12. The van der Waals surface area contributed by atoms with Crippen LogP contribution in [-0.2, 0) is 4.79 Å². The van der Waals surface area contributed by atoms with Crippen molar-refractivity contribution in [1.29, 1.82) is 0 Å². The molecular weight excluding hydrogens is 294 g/mol. The third-order valence-electron chi connectivity index (χ3n) is 3.80. The van der Waals surface area contributed by atoms with Crippen molar-refractivity contribution in [3.05, 3.63) is 42.2 Å². The van der Waals surface area contributed by atoms with Crippen molar-refractivity contribution >= 4 is 17.6 Å². The summed E-state index contributed by atoms with van der Waals surface area (Å²) in [5, 5.41) is 7.25. The first-order valence-electron chi connectivity index (χ1n) is 7.54. The number of aryl methyl sites for hydroxylation is 1. The Morgan fingerprint density at radius 2 is 2.09 bits per heavy atom. The first-order valence-corrected chi connectivity index (χ1v) is 7.54. The summed E-state index contributed by atoms with van der Waals surface area (Å²) in [6.45, 7) is 4.85. The number of nitrogens with one attached hydrogen (secondary N) is 1. The predicted molar refractivity (Wildman–Crippen MR) is 86.3 cm³/mol. The van der Waals surface area contributed by atoms with Gasteiger partial charge in [-0.2, -0.15) is 5.10 Å². The maximum absolute atomic E-state index is 12.4. The Labute approximate surface area is 134 Å². The van der Waals surface area contributed by atoms with Crippen LogP contribution in [-0.4, -0.2) is 51.3 Å². The highest BCUT2D eigenvalue weighted by Gasteiger charge is 2.29. The number of anilines is 1. The first kappa shape index (κ1) is 15.1. The van der Waals surface area contributed by atoms with Crippen molar-refractivity contribution in [1.82, 2.24) is 19.6 Å². The van der Waals surface area contributed by atoms with Crippen LogP contribution in [0.2, 0.25) is 0 Å². The normalized spacial score (nSPS) is 14.4. The SMILES string of the molecule is CCN1CN(C(=O)Nc2ccccc2-n2ccc(C)n2)CC1=O. The average Bonchev–Trinajstić information content (AvgIpc) is 3.13. The van der Waals surface area contributed by atoms with E-state index in [0.29, 0.717) is 18.9 Å². The number of carbonyl (C=O) groups excluding carboxylic acids is 2. The van der Waals surface area contributed by atoms with Crippen LogP contribution < -0.4 is 5.32 Å². The molecule has 0 atom stereocenters. The van der Waals surface area contributed by atoms with Crippen LogP contribution >= 0.6 is 0 Å². The summed E-state index contributed by atoms with van der Waals surface area (Å²) in [5.41, 5.74) is 2.34. The maximum atomic E-state index is 12.4. The fraction of sp³-hybridized carbons (Fsp3) is 0.312. The van der Waals surface area contributed by atoms with E-state index >= 15 is 0 Å². The van der Waals surface area contributed by atoms with Crippen LogP contribution in [0.3, 0.4) is 0 Å². The molecule has 1 aromatic heterocycles. The summed E-state index contributed by atoms with van der Waals surface area (Å²) >= 11 is 0. The zero-order valence-electron chi connectivity index (χ0n) is 13.2. The smallest absolute Gasteiger partial charge is 0.323 e. The van der Waals surface area contributed by atoms with Crippen LogP contribution in [0.25, 0.3) is 5.69 Å². The number of carbonyl (C=O) groups is 2. The molecule has 3 amide bonds. The number of urea groups is 1. The van der Waals surface area contributed by atoms with Crippen molar-refractivity contribution in [2.45, 2.75) is 13.8 Å². The first-order chi connectivity index (χ1) is 11.1. The van der Waals surface area contributed by atoms with Gasteiger partial charge in [0.2, 0.25) is 5.91 Å². The molecule has 1 aliphatic rings. The van der Waals surface area contributed by atoms with Gasteiger partial charge in [-0.3, -0.25) is 9.69 Å². The molecule has 0 radical (unpaired) electrons. The van der Waals surface area contributed by atoms with Crippen LogP contribution in [0, 0.1) is 6.92 Å². The number of nitrogens with zero attached hydrogens (tertiary/aromatic N) is 4. The third-order valence-corrected chi connectivity index (χ3v) is 3.80.